The molecule has 1 aliphatic rings. The minimum atomic E-state index is 0.0687. The summed E-state index contributed by atoms with van der Waals surface area (Å²) in [5, 5.41) is 3.82. The number of halogens is 3. The minimum Gasteiger partial charge on any atom is -0.377 e. The van der Waals surface area contributed by atoms with Gasteiger partial charge in [-0.25, -0.2) is 9.97 Å². The Bertz CT molecular complexity index is 329. The Balaban J connectivity index is 2.22. The highest BCUT2D eigenvalue weighted by Crippen LogP contribution is 2.32. The molecular weight excluding hydrogens is 244 g/mol. The molecule has 3 nitrogen and oxygen atoms in total. The second-order valence-electron chi connectivity index (χ2n) is 3.22. The van der Waals surface area contributed by atoms with E-state index in [-0.39, 0.29) is 15.6 Å². The number of hydrogen-bond acceptors (Lipinski definition) is 3. The molecule has 1 N–H and O–H groups in total. The first-order chi connectivity index (χ1) is 6.66. The van der Waals surface area contributed by atoms with Gasteiger partial charge in [0.25, 0.3) is 0 Å². The Morgan fingerprint density at radius 3 is 2.07 bits per heavy atom. The molecule has 1 aromatic heterocycles. The Hall–Kier alpha value is -0.250. The molecule has 0 radical (unpaired) electrons. The summed E-state index contributed by atoms with van der Waals surface area (Å²) >= 11 is 17.3. The standard InChI is InChI=1S/C8H8Cl3N3/c9-6-5(12-4-2-1-3-4)7(10)14-8(11)13-6/h4,12H,1-3H2. The molecule has 1 aromatic rings. The highest BCUT2D eigenvalue weighted by molar-refractivity contribution is 6.38. The monoisotopic (exact) mass is 251 g/mol. The molecule has 0 aliphatic heterocycles. The number of rotatable bonds is 2. The summed E-state index contributed by atoms with van der Waals surface area (Å²) in [6.45, 7) is 0. The summed E-state index contributed by atoms with van der Waals surface area (Å²) in [5.41, 5.74) is 0.586. The van der Waals surface area contributed by atoms with Crippen molar-refractivity contribution in [1.29, 1.82) is 0 Å². The first-order valence-corrected chi connectivity index (χ1v) is 5.45. The van der Waals surface area contributed by atoms with Crippen LogP contribution in [0.4, 0.5) is 5.69 Å². The number of nitrogens with zero attached hydrogens (tertiary/aromatic N) is 2. The van der Waals surface area contributed by atoms with Gasteiger partial charge in [0, 0.05) is 6.04 Å². The van der Waals surface area contributed by atoms with Gasteiger partial charge < -0.3 is 5.32 Å². The molecule has 0 bridgehead atoms. The van der Waals surface area contributed by atoms with Crippen LogP contribution in [0.5, 0.6) is 0 Å². The number of anilines is 1. The first kappa shape index (κ1) is 10.3. The average Bonchev–Trinajstić information content (AvgIpc) is 1.98. The average molecular weight is 253 g/mol. The van der Waals surface area contributed by atoms with Gasteiger partial charge in [0.05, 0.1) is 0 Å². The van der Waals surface area contributed by atoms with Crippen LogP contribution in [0.25, 0.3) is 0 Å². The third-order valence-corrected chi connectivity index (χ3v) is 2.96. The summed E-state index contributed by atoms with van der Waals surface area (Å²) in [7, 11) is 0. The van der Waals surface area contributed by atoms with Crippen LogP contribution in [0, 0.1) is 0 Å². The van der Waals surface area contributed by atoms with Crippen molar-refractivity contribution in [2.24, 2.45) is 0 Å². The van der Waals surface area contributed by atoms with E-state index in [1.54, 1.807) is 0 Å². The summed E-state index contributed by atoms with van der Waals surface area (Å²) in [6.07, 6.45) is 3.51. The van der Waals surface area contributed by atoms with Gasteiger partial charge in [-0.05, 0) is 30.9 Å². The van der Waals surface area contributed by atoms with E-state index in [4.69, 9.17) is 34.8 Å². The zero-order chi connectivity index (χ0) is 10.1. The van der Waals surface area contributed by atoms with Gasteiger partial charge >= 0.3 is 0 Å². The highest BCUT2D eigenvalue weighted by atomic mass is 35.5. The zero-order valence-electron chi connectivity index (χ0n) is 7.23. The van der Waals surface area contributed by atoms with E-state index < -0.39 is 0 Å². The smallest absolute Gasteiger partial charge is 0.225 e. The van der Waals surface area contributed by atoms with E-state index in [2.05, 4.69) is 15.3 Å². The Morgan fingerprint density at radius 1 is 1.07 bits per heavy atom. The van der Waals surface area contributed by atoms with Gasteiger partial charge in [0.15, 0.2) is 10.3 Å². The first-order valence-electron chi connectivity index (χ1n) is 4.32. The van der Waals surface area contributed by atoms with Crippen LogP contribution in [-0.4, -0.2) is 16.0 Å². The largest absolute Gasteiger partial charge is 0.377 e. The van der Waals surface area contributed by atoms with Crippen LogP contribution in [0.15, 0.2) is 0 Å². The van der Waals surface area contributed by atoms with Crippen LogP contribution >= 0.6 is 34.8 Å². The predicted molar refractivity (Wildman–Crippen MR) is 58.3 cm³/mol. The third-order valence-electron chi connectivity index (χ3n) is 2.25. The maximum Gasteiger partial charge on any atom is 0.225 e. The zero-order valence-corrected chi connectivity index (χ0v) is 9.49. The lowest BCUT2D eigenvalue weighted by molar-refractivity contribution is 0.445. The number of hydrogen-bond donors (Lipinski definition) is 1. The van der Waals surface area contributed by atoms with Crippen LogP contribution in [0.3, 0.4) is 0 Å². The van der Waals surface area contributed by atoms with Crippen molar-refractivity contribution >= 4 is 40.5 Å². The molecule has 0 saturated heterocycles. The fourth-order valence-electron chi connectivity index (χ4n) is 1.26. The predicted octanol–water partition coefficient (Wildman–Crippen LogP) is 3.40. The van der Waals surface area contributed by atoms with Crippen molar-refractivity contribution in [2.45, 2.75) is 25.3 Å². The Morgan fingerprint density at radius 2 is 1.64 bits per heavy atom. The fourth-order valence-corrected chi connectivity index (χ4v) is 2.01. The molecule has 6 heteroatoms. The van der Waals surface area contributed by atoms with Gasteiger partial charge in [0.2, 0.25) is 5.28 Å². The lowest BCUT2D eigenvalue weighted by Crippen LogP contribution is -2.27. The second kappa shape index (κ2) is 4.09. The fraction of sp³-hybridized carbons (Fsp3) is 0.500. The van der Waals surface area contributed by atoms with Gasteiger partial charge in [-0.2, -0.15) is 0 Å². The van der Waals surface area contributed by atoms with E-state index in [0.29, 0.717) is 11.7 Å². The maximum absolute atomic E-state index is 5.88. The summed E-state index contributed by atoms with van der Waals surface area (Å²) in [6, 6.07) is 0.440. The van der Waals surface area contributed by atoms with E-state index in [1.165, 1.54) is 6.42 Å². The maximum atomic E-state index is 5.88. The van der Waals surface area contributed by atoms with E-state index in [1.807, 2.05) is 0 Å². The van der Waals surface area contributed by atoms with E-state index in [9.17, 15) is 0 Å². The minimum absolute atomic E-state index is 0.0687. The van der Waals surface area contributed by atoms with Gasteiger partial charge in [-0.1, -0.05) is 23.2 Å². The van der Waals surface area contributed by atoms with Crippen molar-refractivity contribution in [3.05, 3.63) is 15.6 Å². The van der Waals surface area contributed by atoms with Crippen molar-refractivity contribution in [3.8, 4) is 0 Å². The molecule has 14 heavy (non-hydrogen) atoms. The van der Waals surface area contributed by atoms with Crippen LogP contribution in [0.1, 0.15) is 19.3 Å². The SMILES string of the molecule is Clc1nc(Cl)c(NC2CCC2)c(Cl)n1. The number of nitrogens with one attached hydrogen (secondary N) is 1. The molecule has 0 amide bonds. The molecule has 1 saturated carbocycles. The molecule has 0 atom stereocenters. The van der Waals surface area contributed by atoms with Crippen molar-refractivity contribution in [2.75, 3.05) is 5.32 Å². The molecule has 0 unspecified atom stereocenters. The lowest BCUT2D eigenvalue weighted by atomic mass is 9.93. The van der Waals surface area contributed by atoms with Gasteiger partial charge in [-0.3, -0.25) is 0 Å². The van der Waals surface area contributed by atoms with Gasteiger partial charge in [0.1, 0.15) is 5.69 Å². The van der Waals surface area contributed by atoms with Crippen LogP contribution < -0.4 is 5.32 Å². The van der Waals surface area contributed by atoms with E-state index >= 15 is 0 Å². The second-order valence-corrected chi connectivity index (χ2v) is 4.28. The normalized spacial score (nSPS) is 16.5. The topological polar surface area (TPSA) is 37.8 Å². The molecule has 0 aromatic carbocycles. The Labute approximate surface area is 96.8 Å². The molecule has 1 fully saturated rings. The summed E-state index contributed by atoms with van der Waals surface area (Å²) < 4.78 is 0. The Kier molecular flexibility index (Phi) is 3.00. The molecular formula is C8H8Cl3N3. The van der Waals surface area contributed by atoms with Crippen LogP contribution in [0.2, 0.25) is 15.6 Å². The van der Waals surface area contributed by atoms with Crippen molar-refractivity contribution < 1.29 is 0 Å². The number of aromatic nitrogens is 2. The lowest BCUT2D eigenvalue weighted by Gasteiger charge is -2.27. The van der Waals surface area contributed by atoms with E-state index in [0.717, 1.165) is 12.8 Å². The third kappa shape index (κ3) is 2.05. The van der Waals surface area contributed by atoms with Crippen molar-refractivity contribution in [1.82, 2.24) is 9.97 Å². The molecule has 76 valence electrons. The quantitative estimate of drug-likeness (QED) is 0.647. The molecule has 0 spiro atoms. The molecule has 1 aliphatic carbocycles. The van der Waals surface area contributed by atoms with Crippen LogP contribution in [-0.2, 0) is 0 Å². The highest BCUT2D eigenvalue weighted by Gasteiger charge is 2.20. The summed E-state index contributed by atoms with van der Waals surface area (Å²) in [5.74, 6) is 0. The van der Waals surface area contributed by atoms with Crippen molar-refractivity contribution in [3.63, 3.8) is 0 Å². The molecule has 2 rings (SSSR count). The van der Waals surface area contributed by atoms with Gasteiger partial charge in [-0.15, -0.1) is 0 Å². The molecule has 1 heterocycles. The summed E-state index contributed by atoms with van der Waals surface area (Å²) in [4.78, 5) is 7.64.